The first-order valence-electron chi connectivity index (χ1n) is 18.7. The fraction of sp³-hybridized carbons (Fsp3) is 0.595. The summed E-state index contributed by atoms with van der Waals surface area (Å²) in [6.07, 6.45) is 10.5. The van der Waals surface area contributed by atoms with Crippen LogP contribution in [0.1, 0.15) is 91.2 Å². The van der Waals surface area contributed by atoms with Gasteiger partial charge in [0, 0.05) is 0 Å². The fourth-order valence-corrected chi connectivity index (χ4v) is 6.18. The number of rotatable bonds is 19. The number of hydrogen-bond donors (Lipinski definition) is 1. The summed E-state index contributed by atoms with van der Waals surface area (Å²) in [4.78, 5) is 10.6. The molecule has 2 aliphatic rings. The smallest absolute Gasteiger partial charge is 0.164 e. The third-order valence-corrected chi connectivity index (χ3v) is 8.89. The summed E-state index contributed by atoms with van der Waals surface area (Å²) in [7, 11) is 3.32. The van der Waals surface area contributed by atoms with Gasteiger partial charge in [0.05, 0.1) is 56.2 Å². The summed E-state index contributed by atoms with van der Waals surface area (Å²) in [5, 5.41) is 10.4. The molecule has 0 bridgehead atoms. The van der Waals surface area contributed by atoms with E-state index in [2.05, 4.69) is 45.7 Å². The number of ether oxygens (including phenoxy) is 8. The highest BCUT2D eigenvalue weighted by Gasteiger charge is 2.43. The molecule has 0 amide bonds. The summed E-state index contributed by atoms with van der Waals surface area (Å²) in [5.74, 6) is 0.481. The van der Waals surface area contributed by atoms with Gasteiger partial charge in [-0.2, -0.15) is 0 Å². The van der Waals surface area contributed by atoms with Gasteiger partial charge in [-0.05, 0) is 121 Å². The van der Waals surface area contributed by atoms with E-state index < -0.39 is 17.7 Å². The minimum Gasteiger partial charge on any atom is -0.497 e. The second-order valence-corrected chi connectivity index (χ2v) is 16.6. The van der Waals surface area contributed by atoms with Gasteiger partial charge in [-0.25, -0.2) is 0 Å². The Balaban J connectivity index is 0.000000306. The molecule has 2 aromatic rings. The minimum atomic E-state index is -0.671. The molecule has 0 aliphatic carbocycles. The van der Waals surface area contributed by atoms with Crippen molar-refractivity contribution in [2.45, 2.75) is 135 Å². The minimum absolute atomic E-state index is 0.0532. The largest absolute Gasteiger partial charge is 0.497 e. The Hall–Kier alpha value is -2.13. The maximum atomic E-state index is 10.6. The molecular weight excluding hydrogens is 824 g/mol. The maximum Gasteiger partial charge on any atom is 0.164 e. The Morgan fingerprint density at radius 3 is 1.72 bits per heavy atom. The Morgan fingerprint density at radius 2 is 1.24 bits per heavy atom. The molecule has 4 rings (SSSR count). The van der Waals surface area contributed by atoms with Crippen molar-refractivity contribution < 1.29 is 47.8 Å². The van der Waals surface area contributed by atoms with Crippen molar-refractivity contribution in [3.8, 4) is 11.5 Å². The highest BCUT2D eigenvalue weighted by Crippen LogP contribution is 2.33. The van der Waals surface area contributed by atoms with E-state index in [1.165, 1.54) is 0 Å². The van der Waals surface area contributed by atoms with Crippen molar-refractivity contribution in [2.24, 2.45) is 0 Å². The molecule has 0 saturated carbocycles. The van der Waals surface area contributed by atoms with Gasteiger partial charge in [0.2, 0.25) is 0 Å². The van der Waals surface area contributed by atoms with E-state index in [-0.39, 0.29) is 24.4 Å². The topological polar surface area (TPSA) is 111 Å². The van der Waals surface area contributed by atoms with Gasteiger partial charge in [-0.3, -0.25) is 0 Å². The Kier molecular flexibility index (Phi) is 23.0. The number of carbonyl (C=O) groups is 1. The van der Waals surface area contributed by atoms with Crippen LogP contribution in [-0.2, 0) is 46.4 Å². The van der Waals surface area contributed by atoms with E-state index in [0.29, 0.717) is 26.4 Å². The molecule has 5 atom stereocenters. The summed E-state index contributed by atoms with van der Waals surface area (Å²) in [6, 6.07) is 15.7. The quantitative estimate of drug-likeness (QED) is 0.0832. The second kappa shape index (κ2) is 25.9. The summed E-state index contributed by atoms with van der Waals surface area (Å²) < 4.78 is 45.0. The van der Waals surface area contributed by atoms with Crippen LogP contribution in [0.25, 0.3) is 0 Å². The number of halogens is 2. The van der Waals surface area contributed by atoms with Crippen molar-refractivity contribution in [1.29, 1.82) is 0 Å². The van der Waals surface area contributed by atoms with Gasteiger partial charge in [-0.1, -0.05) is 69.2 Å². The zero-order chi connectivity index (χ0) is 40.0. The fourth-order valence-electron chi connectivity index (χ4n) is 5.72. The zero-order valence-electron chi connectivity index (χ0n) is 33.3. The van der Waals surface area contributed by atoms with Gasteiger partial charge in [0.25, 0.3) is 0 Å². The lowest BCUT2D eigenvalue weighted by Gasteiger charge is -2.19. The molecule has 12 heteroatoms. The van der Waals surface area contributed by atoms with Gasteiger partial charge < -0.3 is 47.8 Å². The van der Waals surface area contributed by atoms with Crippen LogP contribution in [0, 0.1) is 0 Å². The molecule has 2 heterocycles. The van der Waals surface area contributed by atoms with Crippen molar-refractivity contribution in [2.75, 3.05) is 27.4 Å². The number of aldehydes is 1. The lowest BCUT2D eigenvalue weighted by atomic mass is 10.0. The highest BCUT2D eigenvalue weighted by atomic mass is 79.9. The van der Waals surface area contributed by atoms with Crippen molar-refractivity contribution in [3.63, 3.8) is 0 Å². The normalized spacial score (nSPS) is 21.7. The molecule has 2 saturated heterocycles. The molecule has 304 valence electrons. The van der Waals surface area contributed by atoms with Crippen molar-refractivity contribution in [1.82, 2.24) is 0 Å². The average molecular weight is 887 g/mol. The van der Waals surface area contributed by atoms with Crippen LogP contribution in [0.5, 0.6) is 11.5 Å². The molecule has 2 aromatic carbocycles. The van der Waals surface area contributed by atoms with E-state index in [9.17, 15) is 9.90 Å². The Morgan fingerprint density at radius 1 is 0.759 bits per heavy atom. The molecule has 3 unspecified atom stereocenters. The number of benzene rings is 2. The van der Waals surface area contributed by atoms with Crippen LogP contribution in [0.4, 0.5) is 0 Å². The first kappa shape index (κ1) is 48.0. The summed E-state index contributed by atoms with van der Waals surface area (Å²) in [5.41, 5.74) is 2.26. The predicted molar refractivity (Wildman–Crippen MR) is 219 cm³/mol. The third kappa shape index (κ3) is 19.1. The lowest BCUT2D eigenvalue weighted by molar-refractivity contribution is -0.152. The number of carbonyl (C=O) groups excluding carboxylic acids is 1. The van der Waals surface area contributed by atoms with Crippen LogP contribution >= 0.6 is 31.9 Å². The van der Waals surface area contributed by atoms with Crippen LogP contribution in [0.2, 0.25) is 0 Å². The molecule has 2 fully saturated rings. The van der Waals surface area contributed by atoms with Crippen LogP contribution < -0.4 is 9.47 Å². The number of hydrogen-bond acceptors (Lipinski definition) is 10. The predicted octanol–water partition coefficient (Wildman–Crippen LogP) is 9.58. The second-order valence-electron chi connectivity index (χ2n) is 13.8. The van der Waals surface area contributed by atoms with Gasteiger partial charge >= 0.3 is 0 Å². The van der Waals surface area contributed by atoms with Gasteiger partial charge in [0.1, 0.15) is 29.8 Å². The third-order valence-electron chi connectivity index (χ3n) is 8.24. The lowest BCUT2D eigenvalue weighted by Crippen LogP contribution is -2.34. The van der Waals surface area contributed by atoms with E-state index in [0.717, 1.165) is 70.8 Å². The first-order valence-corrected chi connectivity index (χ1v) is 20.3. The van der Waals surface area contributed by atoms with Crippen LogP contribution in [0.15, 0.2) is 70.2 Å². The van der Waals surface area contributed by atoms with Gasteiger partial charge in [0.15, 0.2) is 17.9 Å². The van der Waals surface area contributed by atoms with Crippen LogP contribution in [0.3, 0.4) is 0 Å². The molecular formula is C42H62Br2O10. The molecule has 54 heavy (non-hydrogen) atoms. The number of aliphatic hydroxyl groups is 1. The van der Waals surface area contributed by atoms with Gasteiger partial charge in [-0.15, -0.1) is 0 Å². The Labute approximate surface area is 340 Å². The Bertz CT molecular complexity index is 1360. The molecule has 1 N–H and O–H groups in total. The standard InChI is InChI=1S/C21H32O5.C12H14Br2O2.C9H16O3/c1-5-8-19-20(26-21(2,3)25-19)18(22)9-6-7-14-24-15-16-10-12-17(23-4)13-11-16;1-15-11-6-4-10(5-7-11)9-16-8-2-3-12(13)14;1-4-5-7-8(6-10)12-9(2,3)11-7/h6,9-13,18-20,22H,5,7-8,14-15H2,1-4H3;3-7H,2,8-9H2,1H3;6-8H,4-5H2,1-3H3/t18?,19-,20?;;7-,8?/m0.0/s1. The molecule has 0 spiro atoms. The highest BCUT2D eigenvalue weighted by molar-refractivity contribution is 9.28. The van der Waals surface area contributed by atoms with E-state index in [1.807, 2.05) is 88.4 Å². The van der Waals surface area contributed by atoms with E-state index >= 15 is 0 Å². The average Bonchev–Trinajstić information content (AvgIpc) is 3.63. The van der Waals surface area contributed by atoms with Crippen molar-refractivity contribution in [3.05, 3.63) is 81.3 Å². The first-order chi connectivity index (χ1) is 25.8. The molecule has 2 aliphatic heterocycles. The summed E-state index contributed by atoms with van der Waals surface area (Å²) in [6.45, 7) is 14.1. The van der Waals surface area contributed by atoms with Crippen LogP contribution in [-0.4, -0.2) is 80.9 Å². The maximum absolute atomic E-state index is 10.6. The number of methoxy groups -OCH3 is 2. The van der Waals surface area contributed by atoms with E-state index in [4.69, 9.17) is 37.9 Å². The molecule has 0 aromatic heterocycles. The monoisotopic (exact) mass is 884 g/mol. The summed E-state index contributed by atoms with van der Waals surface area (Å²) >= 11 is 6.59. The zero-order valence-corrected chi connectivity index (χ0v) is 36.4. The van der Waals surface area contributed by atoms with E-state index in [1.54, 1.807) is 20.3 Å². The number of aliphatic hydroxyl groups excluding tert-OH is 1. The molecule has 0 radical (unpaired) electrons. The molecule has 10 nitrogen and oxygen atoms in total. The van der Waals surface area contributed by atoms with Crippen molar-refractivity contribution >= 4 is 38.1 Å². The SMILES string of the molecule is CCC[C@@H]1OC(C)(C)OC1C(O)C=CCCOCc1ccc(OC)cc1.CCC[C@@H]1OC(C)(C)OC1C=O.COc1ccc(COCCC=C(Br)Br)cc1.